The topological polar surface area (TPSA) is 60.0 Å². The molecule has 0 spiro atoms. The highest BCUT2D eigenvalue weighted by molar-refractivity contribution is 7.17. The van der Waals surface area contributed by atoms with Gasteiger partial charge in [-0.25, -0.2) is 4.98 Å². The second-order valence-corrected chi connectivity index (χ2v) is 5.81. The number of fused-ring (bicyclic) bond motifs is 2. The van der Waals surface area contributed by atoms with Gasteiger partial charge in [0.2, 0.25) is 5.95 Å². The zero-order valence-corrected chi connectivity index (χ0v) is 11.2. The molecule has 0 aliphatic carbocycles. The second-order valence-electron chi connectivity index (χ2n) is 4.72. The van der Waals surface area contributed by atoms with E-state index < -0.39 is 0 Å². The van der Waals surface area contributed by atoms with Crippen molar-refractivity contribution in [2.45, 2.75) is 32.4 Å². The van der Waals surface area contributed by atoms with Crippen LogP contribution >= 0.6 is 11.3 Å². The number of hydrogen-bond acceptors (Lipinski definition) is 5. The van der Waals surface area contributed by atoms with E-state index in [9.17, 15) is 0 Å². The summed E-state index contributed by atoms with van der Waals surface area (Å²) in [6.45, 7) is 1.80. The molecule has 4 heterocycles. The first kappa shape index (κ1) is 11.0. The van der Waals surface area contributed by atoms with Crippen LogP contribution in [0.25, 0.3) is 4.96 Å². The Bertz CT molecular complexity index is 680. The van der Waals surface area contributed by atoms with Crippen molar-refractivity contribution in [1.29, 1.82) is 0 Å². The molecule has 3 aromatic heterocycles. The number of imidazole rings is 1. The monoisotopic (exact) mass is 274 g/mol. The van der Waals surface area contributed by atoms with E-state index >= 15 is 0 Å². The summed E-state index contributed by atoms with van der Waals surface area (Å²) >= 11 is 1.70. The fraction of sp³-hybridized carbons (Fsp3) is 0.417. The fourth-order valence-electron chi connectivity index (χ4n) is 2.46. The van der Waals surface area contributed by atoms with E-state index in [2.05, 4.69) is 31.3 Å². The number of anilines is 1. The predicted molar refractivity (Wildman–Crippen MR) is 73.4 cm³/mol. The zero-order valence-electron chi connectivity index (χ0n) is 10.4. The summed E-state index contributed by atoms with van der Waals surface area (Å²) in [5.74, 6) is 2.00. The van der Waals surface area contributed by atoms with Gasteiger partial charge in [0.15, 0.2) is 4.96 Å². The maximum atomic E-state index is 4.28. The maximum absolute atomic E-state index is 4.28. The third-order valence-corrected chi connectivity index (χ3v) is 4.43. The molecule has 4 rings (SSSR count). The van der Waals surface area contributed by atoms with E-state index in [1.807, 2.05) is 16.8 Å². The number of nitrogens with one attached hydrogen (secondary N) is 1. The first-order valence-corrected chi connectivity index (χ1v) is 7.29. The van der Waals surface area contributed by atoms with Crippen molar-refractivity contribution in [3.8, 4) is 0 Å². The minimum Gasteiger partial charge on any atom is -0.349 e. The Kier molecular flexibility index (Phi) is 2.51. The van der Waals surface area contributed by atoms with E-state index in [0.717, 1.165) is 36.2 Å². The molecular formula is C12H14N6S. The summed E-state index contributed by atoms with van der Waals surface area (Å²) in [7, 11) is 0. The minimum absolute atomic E-state index is 0.770. The molecular weight excluding hydrogens is 260 g/mol. The Balaban J connectivity index is 1.52. The van der Waals surface area contributed by atoms with Gasteiger partial charge in [-0.3, -0.25) is 8.97 Å². The number of nitrogens with zero attached hydrogens (tertiary/aromatic N) is 5. The highest BCUT2D eigenvalue weighted by atomic mass is 32.1. The van der Waals surface area contributed by atoms with Gasteiger partial charge in [0.25, 0.3) is 0 Å². The Labute approximate surface area is 114 Å². The molecule has 0 aromatic carbocycles. The molecule has 0 saturated heterocycles. The summed E-state index contributed by atoms with van der Waals surface area (Å²) in [4.78, 5) is 6.55. The van der Waals surface area contributed by atoms with Gasteiger partial charge in [-0.1, -0.05) is 11.3 Å². The minimum atomic E-state index is 0.770. The third kappa shape index (κ3) is 1.90. The largest absolute Gasteiger partial charge is 0.349 e. The SMILES string of the molecule is c1cn2cc(CNc3nnc4n3CCCC4)sc2n1. The maximum Gasteiger partial charge on any atom is 0.224 e. The third-order valence-electron chi connectivity index (χ3n) is 3.42. The van der Waals surface area contributed by atoms with Gasteiger partial charge >= 0.3 is 0 Å². The Morgan fingerprint density at radius 1 is 1.32 bits per heavy atom. The number of rotatable bonds is 3. The number of aryl methyl sites for hydroxylation is 1. The van der Waals surface area contributed by atoms with Gasteiger partial charge in [0.05, 0.1) is 6.54 Å². The second kappa shape index (κ2) is 4.34. The van der Waals surface area contributed by atoms with Crippen LogP contribution in [0.5, 0.6) is 0 Å². The number of aromatic nitrogens is 5. The Morgan fingerprint density at radius 3 is 3.26 bits per heavy atom. The van der Waals surface area contributed by atoms with E-state index in [0.29, 0.717) is 0 Å². The number of thiazole rings is 1. The fourth-order valence-corrected chi connectivity index (χ4v) is 3.34. The van der Waals surface area contributed by atoms with Crippen LogP contribution in [0.2, 0.25) is 0 Å². The highest BCUT2D eigenvalue weighted by Gasteiger charge is 2.15. The van der Waals surface area contributed by atoms with Gasteiger partial charge in [-0.05, 0) is 12.8 Å². The normalized spacial score (nSPS) is 14.7. The molecule has 1 N–H and O–H groups in total. The Morgan fingerprint density at radius 2 is 2.32 bits per heavy atom. The molecule has 0 bridgehead atoms. The zero-order chi connectivity index (χ0) is 12.7. The van der Waals surface area contributed by atoms with Crippen LogP contribution in [-0.4, -0.2) is 24.1 Å². The quantitative estimate of drug-likeness (QED) is 0.793. The number of hydrogen-bond donors (Lipinski definition) is 1. The van der Waals surface area contributed by atoms with Crippen molar-refractivity contribution in [1.82, 2.24) is 24.1 Å². The predicted octanol–water partition coefficient (Wildman–Crippen LogP) is 1.94. The van der Waals surface area contributed by atoms with E-state index in [1.54, 1.807) is 11.3 Å². The van der Waals surface area contributed by atoms with Crippen LogP contribution in [0.3, 0.4) is 0 Å². The van der Waals surface area contributed by atoms with Crippen LogP contribution < -0.4 is 5.32 Å². The van der Waals surface area contributed by atoms with Gasteiger partial charge in [0.1, 0.15) is 5.82 Å². The lowest BCUT2D eigenvalue weighted by Crippen LogP contribution is -2.13. The molecule has 3 aromatic rings. The lowest BCUT2D eigenvalue weighted by Gasteiger charge is -2.14. The van der Waals surface area contributed by atoms with Gasteiger partial charge in [0, 0.05) is 36.4 Å². The van der Waals surface area contributed by atoms with Crippen molar-refractivity contribution in [2.24, 2.45) is 0 Å². The summed E-state index contributed by atoms with van der Waals surface area (Å²) in [5, 5.41) is 11.9. The lowest BCUT2D eigenvalue weighted by atomic mass is 10.2. The molecule has 1 aliphatic heterocycles. The van der Waals surface area contributed by atoms with Crippen LogP contribution in [-0.2, 0) is 19.5 Å². The molecule has 0 unspecified atom stereocenters. The molecule has 0 saturated carbocycles. The molecule has 6 nitrogen and oxygen atoms in total. The molecule has 0 radical (unpaired) electrons. The average molecular weight is 274 g/mol. The van der Waals surface area contributed by atoms with E-state index in [-0.39, 0.29) is 0 Å². The molecule has 19 heavy (non-hydrogen) atoms. The first-order chi connectivity index (χ1) is 9.40. The van der Waals surface area contributed by atoms with Crippen LogP contribution in [0.15, 0.2) is 18.6 Å². The van der Waals surface area contributed by atoms with E-state index in [1.165, 1.54) is 17.7 Å². The summed E-state index contributed by atoms with van der Waals surface area (Å²) in [6.07, 6.45) is 9.37. The molecule has 1 aliphatic rings. The van der Waals surface area contributed by atoms with Crippen LogP contribution in [0, 0.1) is 0 Å². The summed E-state index contributed by atoms with van der Waals surface area (Å²) < 4.78 is 4.24. The molecule has 98 valence electrons. The highest BCUT2D eigenvalue weighted by Crippen LogP contribution is 2.20. The summed E-state index contributed by atoms with van der Waals surface area (Å²) in [6, 6.07) is 0. The molecule has 7 heteroatoms. The van der Waals surface area contributed by atoms with Crippen molar-refractivity contribution >= 4 is 22.2 Å². The molecule has 0 atom stereocenters. The molecule has 0 fully saturated rings. The van der Waals surface area contributed by atoms with Crippen molar-refractivity contribution in [3.05, 3.63) is 29.3 Å². The lowest BCUT2D eigenvalue weighted by molar-refractivity contribution is 0.525. The van der Waals surface area contributed by atoms with Gasteiger partial charge in [-0.2, -0.15) is 0 Å². The first-order valence-electron chi connectivity index (χ1n) is 6.47. The van der Waals surface area contributed by atoms with Gasteiger partial charge in [-0.15, -0.1) is 10.2 Å². The average Bonchev–Trinajstić information content (AvgIpc) is 3.10. The smallest absolute Gasteiger partial charge is 0.224 e. The van der Waals surface area contributed by atoms with Crippen molar-refractivity contribution < 1.29 is 0 Å². The van der Waals surface area contributed by atoms with E-state index in [4.69, 9.17) is 0 Å². The standard InChI is InChI=1S/C12H14N6S/c1-2-5-18-10(3-1)15-16-11(18)14-7-9-8-17-6-4-13-12(17)19-9/h4,6,8H,1-3,5,7H2,(H,14,16). The van der Waals surface area contributed by atoms with Crippen LogP contribution in [0.1, 0.15) is 23.5 Å². The van der Waals surface area contributed by atoms with Crippen LogP contribution in [0.4, 0.5) is 5.95 Å². The molecule has 0 amide bonds. The van der Waals surface area contributed by atoms with Crippen molar-refractivity contribution in [2.75, 3.05) is 5.32 Å². The summed E-state index contributed by atoms with van der Waals surface area (Å²) in [5.41, 5.74) is 0. The van der Waals surface area contributed by atoms with Crippen molar-refractivity contribution in [3.63, 3.8) is 0 Å². The Hall–Kier alpha value is -1.89. The van der Waals surface area contributed by atoms with Gasteiger partial charge < -0.3 is 5.32 Å².